The van der Waals surface area contributed by atoms with E-state index in [9.17, 15) is 0 Å². The van der Waals surface area contributed by atoms with Crippen molar-refractivity contribution in [3.8, 4) is 11.5 Å². The fourth-order valence-corrected chi connectivity index (χ4v) is 3.98. The normalized spacial score (nSPS) is 14.2. The van der Waals surface area contributed by atoms with Gasteiger partial charge < -0.3 is 14.4 Å². The molecule has 0 radical (unpaired) electrons. The molecule has 6 heteroatoms. The van der Waals surface area contributed by atoms with Crippen molar-refractivity contribution in [2.24, 2.45) is 0 Å². The lowest BCUT2D eigenvalue weighted by Crippen LogP contribution is -2.34. The van der Waals surface area contributed by atoms with Crippen LogP contribution in [0.25, 0.3) is 0 Å². The Morgan fingerprint density at radius 3 is 2.50 bits per heavy atom. The van der Waals surface area contributed by atoms with Crippen LogP contribution in [-0.2, 0) is 6.61 Å². The second-order valence-corrected chi connectivity index (χ2v) is 7.93. The van der Waals surface area contributed by atoms with Crippen LogP contribution in [0.15, 0.2) is 40.9 Å². The molecule has 0 aromatic heterocycles. The summed E-state index contributed by atoms with van der Waals surface area (Å²) < 4.78 is 12.4. The monoisotopic (exact) mass is 453 g/mol. The summed E-state index contributed by atoms with van der Waals surface area (Å²) in [5, 5.41) is 0.711. The smallest absolute Gasteiger partial charge is 0.175 e. The number of likely N-dealkylation sites (tertiary alicyclic amines) is 1. The van der Waals surface area contributed by atoms with Crippen LogP contribution in [0.5, 0.6) is 11.5 Å². The number of hydrogen-bond donors (Lipinski definition) is 0. The first-order valence-corrected chi connectivity index (χ1v) is 10.2. The Labute approximate surface area is 173 Å². The summed E-state index contributed by atoms with van der Waals surface area (Å²) in [4.78, 5) is 3.14. The molecule has 3 rings (SSSR count). The molecule has 0 amide bonds. The maximum Gasteiger partial charge on any atom is 0.175 e. The lowest BCUT2D eigenvalue weighted by Gasteiger charge is -2.29. The van der Waals surface area contributed by atoms with Crippen LogP contribution in [0, 0.1) is 0 Å². The van der Waals surface area contributed by atoms with Gasteiger partial charge in [-0.05, 0) is 65.0 Å². The highest BCUT2D eigenvalue weighted by Crippen LogP contribution is 2.38. The van der Waals surface area contributed by atoms with E-state index < -0.39 is 0 Å². The molecular formula is C20H21BrClNO2S. The number of hydrogen-bond acceptors (Lipinski definition) is 3. The zero-order chi connectivity index (χ0) is 18.5. The molecule has 0 bridgehead atoms. The Kier molecular flexibility index (Phi) is 6.79. The number of benzene rings is 2. The van der Waals surface area contributed by atoms with E-state index in [4.69, 9.17) is 33.3 Å². The molecule has 2 aromatic rings. The number of methoxy groups -OCH3 is 1. The van der Waals surface area contributed by atoms with Crippen LogP contribution in [0.3, 0.4) is 0 Å². The van der Waals surface area contributed by atoms with Crippen LogP contribution in [0.1, 0.15) is 30.4 Å². The Hall–Kier alpha value is -1.30. The van der Waals surface area contributed by atoms with E-state index in [-0.39, 0.29) is 0 Å². The molecule has 1 fully saturated rings. The fourth-order valence-electron chi connectivity index (χ4n) is 3.00. The molecule has 0 aliphatic carbocycles. The van der Waals surface area contributed by atoms with Gasteiger partial charge in [0.2, 0.25) is 0 Å². The summed E-state index contributed by atoms with van der Waals surface area (Å²) in [7, 11) is 1.64. The molecule has 1 saturated heterocycles. The van der Waals surface area contributed by atoms with Crippen LogP contribution >= 0.6 is 39.7 Å². The summed E-state index contributed by atoms with van der Waals surface area (Å²) in [5.41, 5.74) is 2.01. The van der Waals surface area contributed by atoms with Gasteiger partial charge in [0.1, 0.15) is 11.6 Å². The molecule has 0 spiro atoms. The van der Waals surface area contributed by atoms with Crippen LogP contribution in [0.4, 0.5) is 0 Å². The molecular weight excluding hydrogens is 434 g/mol. The van der Waals surface area contributed by atoms with Crippen molar-refractivity contribution in [2.75, 3.05) is 20.2 Å². The first kappa shape index (κ1) is 19.5. The van der Waals surface area contributed by atoms with Gasteiger partial charge in [-0.1, -0.05) is 36.0 Å². The highest BCUT2D eigenvalue weighted by Gasteiger charge is 2.19. The molecule has 0 unspecified atom stereocenters. The van der Waals surface area contributed by atoms with E-state index in [1.165, 1.54) is 19.3 Å². The predicted molar refractivity (Wildman–Crippen MR) is 114 cm³/mol. The lowest BCUT2D eigenvalue weighted by molar-refractivity contribution is 0.282. The summed E-state index contributed by atoms with van der Waals surface area (Å²) in [5.74, 6) is 1.34. The minimum Gasteiger partial charge on any atom is -0.493 e. The molecule has 0 N–H and O–H groups in total. The molecule has 1 aliphatic rings. The highest BCUT2D eigenvalue weighted by atomic mass is 79.9. The Balaban J connectivity index is 1.78. The van der Waals surface area contributed by atoms with Crippen molar-refractivity contribution in [2.45, 2.75) is 25.9 Å². The van der Waals surface area contributed by atoms with Gasteiger partial charge in [0.05, 0.1) is 11.6 Å². The lowest BCUT2D eigenvalue weighted by atomic mass is 10.1. The maximum atomic E-state index is 5.99. The van der Waals surface area contributed by atoms with Crippen molar-refractivity contribution in [3.63, 3.8) is 0 Å². The quantitative estimate of drug-likeness (QED) is 0.528. The topological polar surface area (TPSA) is 21.7 Å². The van der Waals surface area contributed by atoms with E-state index in [1.807, 2.05) is 36.4 Å². The first-order valence-electron chi connectivity index (χ1n) is 8.62. The van der Waals surface area contributed by atoms with Crippen molar-refractivity contribution < 1.29 is 9.47 Å². The standard InChI is InChI=1S/C20H21BrClNO2S/c1-24-18-12-15(20(26)23-9-3-2-4-10-23)11-17(21)19(18)25-13-14-5-7-16(22)8-6-14/h5-8,11-12H,2-4,9-10,13H2,1H3. The number of nitrogens with zero attached hydrogens (tertiary/aromatic N) is 1. The van der Waals surface area contributed by atoms with Crippen LogP contribution in [-0.4, -0.2) is 30.1 Å². The SMILES string of the molecule is COc1cc(C(=S)N2CCCCC2)cc(Br)c1OCc1ccc(Cl)cc1. The number of halogens is 2. The number of rotatable bonds is 5. The van der Waals surface area contributed by atoms with Gasteiger partial charge >= 0.3 is 0 Å². The first-order chi connectivity index (χ1) is 12.6. The molecule has 26 heavy (non-hydrogen) atoms. The third kappa shape index (κ3) is 4.70. The number of piperidine rings is 1. The van der Waals surface area contributed by atoms with Gasteiger partial charge in [0, 0.05) is 23.7 Å². The summed E-state index contributed by atoms with van der Waals surface area (Å²) in [6.45, 7) is 2.48. The molecule has 1 aliphatic heterocycles. The summed E-state index contributed by atoms with van der Waals surface area (Å²) in [6, 6.07) is 11.6. The molecule has 1 heterocycles. The van der Waals surface area contributed by atoms with Crippen molar-refractivity contribution in [1.82, 2.24) is 4.90 Å². The molecule has 2 aromatic carbocycles. The van der Waals surface area contributed by atoms with E-state index in [0.29, 0.717) is 23.1 Å². The van der Waals surface area contributed by atoms with Gasteiger partial charge in [-0.3, -0.25) is 0 Å². The number of thiocarbonyl (C=S) groups is 1. The van der Waals surface area contributed by atoms with Crippen molar-refractivity contribution in [1.29, 1.82) is 0 Å². The average molecular weight is 455 g/mol. The van der Waals surface area contributed by atoms with Crippen molar-refractivity contribution >= 4 is 44.7 Å². The summed E-state index contributed by atoms with van der Waals surface area (Å²) in [6.07, 6.45) is 3.67. The third-order valence-corrected chi connectivity index (χ3v) is 5.75. The Morgan fingerprint density at radius 1 is 1.15 bits per heavy atom. The average Bonchev–Trinajstić information content (AvgIpc) is 2.68. The van der Waals surface area contributed by atoms with E-state index in [1.54, 1.807) is 7.11 Å². The fraction of sp³-hybridized carbons (Fsp3) is 0.350. The third-order valence-electron chi connectivity index (χ3n) is 4.42. The summed E-state index contributed by atoms with van der Waals surface area (Å²) >= 11 is 15.2. The second kappa shape index (κ2) is 9.07. The molecule has 138 valence electrons. The number of ether oxygens (including phenoxy) is 2. The van der Waals surface area contributed by atoms with Gasteiger partial charge in [-0.15, -0.1) is 0 Å². The van der Waals surface area contributed by atoms with Gasteiger partial charge in [-0.25, -0.2) is 0 Å². The molecule has 0 saturated carbocycles. The van der Waals surface area contributed by atoms with Crippen molar-refractivity contribution in [3.05, 3.63) is 57.0 Å². The molecule has 0 atom stereocenters. The van der Waals surface area contributed by atoms with E-state index in [0.717, 1.165) is 33.7 Å². The Bertz CT molecular complexity index is 776. The highest BCUT2D eigenvalue weighted by molar-refractivity contribution is 9.10. The Morgan fingerprint density at radius 2 is 1.85 bits per heavy atom. The minimum atomic E-state index is 0.433. The largest absolute Gasteiger partial charge is 0.493 e. The second-order valence-electron chi connectivity index (χ2n) is 6.26. The maximum absolute atomic E-state index is 5.99. The zero-order valence-electron chi connectivity index (χ0n) is 14.6. The predicted octanol–water partition coefficient (Wildman–Crippen LogP) is 5.85. The van der Waals surface area contributed by atoms with Crippen LogP contribution in [0.2, 0.25) is 5.02 Å². The van der Waals surface area contributed by atoms with E-state index in [2.05, 4.69) is 20.8 Å². The zero-order valence-corrected chi connectivity index (χ0v) is 17.8. The van der Waals surface area contributed by atoms with Gasteiger partial charge in [0.25, 0.3) is 0 Å². The minimum absolute atomic E-state index is 0.433. The molecule has 3 nitrogen and oxygen atoms in total. The van der Waals surface area contributed by atoms with Gasteiger partial charge in [0.15, 0.2) is 11.5 Å². The van der Waals surface area contributed by atoms with Gasteiger partial charge in [-0.2, -0.15) is 0 Å². The van der Waals surface area contributed by atoms with Crippen LogP contribution < -0.4 is 9.47 Å². The van der Waals surface area contributed by atoms with E-state index >= 15 is 0 Å².